The summed E-state index contributed by atoms with van der Waals surface area (Å²) in [5.74, 6) is 0. The number of carbonyl (C=O) groups is 1. The predicted octanol–water partition coefficient (Wildman–Crippen LogP) is 2.85. The van der Waals surface area contributed by atoms with Crippen molar-refractivity contribution >= 4 is 11.7 Å². The summed E-state index contributed by atoms with van der Waals surface area (Å²) >= 11 is 0. The molecular formula is C18H26N4O2. The van der Waals surface area contributed by atoms with Crippen LogP contribution in [0.3, 0.4) is 0 Å². The van der Waals surface area contributed by atoms with Gasteiger partial charge in [0.05, 0.1) is 12.6 Å². The highest BCUT2D eigenvalue weighted by molar-refractivity contribution is 5.89. The molecule has 1 aromatic heterocycles. The van der Waals surface area contributed by atoms with Crippen molar-refractivity contribution in [3.63, 3.8) is 0 Å². The van der Waals surface area contributed by atoms with Crippen molar-refractivity contribution in [2.45, 2.75) is 39.8 Å². The standard InChI is InChI=1S/C18H26N4O2/c1-14(23)11-18(2,3)13-19-17(24)21-16-7-4-6-15(10-16)12-22-9-5-8-20-22/h4-10,14,23H,11-13H2,1-3H3,(H2,19,21,24). The van der Waals surface area contributed by atoms with E-state index >= 15 is 0 Å². The van der Waals surface area contributed by atoms with Gasteiger partial charge in [-0.15, -0.1) is 0 Å². The number of urea groups is 1. The smallest absolute Gasteiger partial charge is 0.319 e. The van der Waals surface area contributed by atoms with Gasteiger partial charge in [0.1, 0.15) is 0 Å². The van der Waals surface area contributed by atoms with E-state index in [1.165, 1.54) is 0 Å². The van der Waals surface area contributed by atoms with Crippen molar-refractivity contribution in [1.82, 2.24) is 15.1 Å². The highest BCUT2D eigenvalue weighted by Crippen LogP contribution is 2.21. The minimum Gasteiger partial charge on any atom is -0.393 e. The number of aliphatic hydroxyl groups excluding tert-OH is 1. The van der Waals surface area contributed by atoms with E-state index < -0.39 is 0 Å². The summed E-state index contributed by atoms with van der Waals surface area (Å²) < 4.78 is 1.83. The molecule has 1 heterocycles. The highest BCUT2D eigenvalue weighted by atomic mass is 16.3. The van der Waals surface area contributed by atoms with Crippen LogP contribution in [0.1, 0.15) is 32.8 Å². The number of nitrogens with one attached hydrogen (secondary N) is 2. The number of hydrogen-bond acceptors (Lipinski definition) is 3. The van der Waals surface area contributed by atoms with Crippen LogP contribution in [0.5, 0.6) is 0 Å². The van der Waals surface area contributed by atoms with Gasteiger partial charge >= 0.3 is 6.03 Å². The van der Waals surface area contributed by atoms with E-state index in [0.717, 1.165) is 11.3 Å². The third-order valence-corrected chi connectivity index (χ3v) is 3.66. The van der Waals surface area contributed by atoms with Crippen LogP contribution in [0.4, 0.5) is 10.5 Å². The molecule has 0 fully saturated rings. The van der Waals surface area contributed by atoms with Crippen LogP contribution in [0.2, 0.25) is 0 Å². The molecule has 2 rings (SSSR count). The number of amides is 2. The van der Waals surface area contributed by atoms with Gasteiger partial charge in [0, 0.05) is 24.6 Å². The molecule has 130 valence electrons. The molecule has 0 saturated carbocycles. The Hall–Kier alpha value is -2.34. The van der Waals surface area contributed by atoms with E-state index in [-0.39, 0.29) is 17.6 Å². The molecule has 0 aliphatic carbocycles. The van der Waals surface area contributed by atoms with Crippen LogP contribution in [0, 0.1) is 5.41 Å². The van der Waals surface area contributed by atoms with Crippen molar-refractivity contribution in [3.05, 3.63) is 48.3 Å². The van der Waals surface area contributed by atoms with E-state index in [2.05, 4.69) is 15.7 Å². The van der Waals surface area contributed by atoms with Crippen molar-refractivity contribution < 1.29 is 9.90 Å². The monoisotopic (exact) mass is 330 g/mol. The van der Waals surface area contributed by atoms with Gasteiger partial charge in [-0.25, -0.2) is 4.79 Å². The average Bonchev–Trinajstić information content (AvgIpc) is 2.97. The number of aromatic nitrogens is 2. The molecule has 0 radical (unpaired) electrons. The summed E-state index contributed by atoms with van der Waals surface area (Å²) in [5.41, 5.74) is 1.64. The molecule has 0 aliphatic rings. The van der Waals surface area contributed by atoms with Crippen molar-refractivity contribution in [3.8, 4) is 0 Å². The third-order valence-electron chi connectivity index (χ3n) is 3.66. The summed E-state index contributed by atoms with van der Waals surface area (Å²) in [6, 6.07) is 9.33. The zero-order valence-corrected chi connectivity index (χ0v) is 14.5. The lowest BCUT2D eigenvalue weighted by Gasteiger charge is -2.26. The summed E-state index contributed by atoms with van der Waals surface area (Å²) in [6.07, 6.45) is 3.89. The molecule has 0 saturated heterocycles. The van der Waals surface area contributed by atoms with Crippen molar-refractivity contribution in [2.24, 2.45) is 5.41 Å². The maximum absolute atomic E-state index is 12.1. The van der Waals surface area contributed by atoms with Crippen LogP contribution < -0.4 is 10.6 Å². The molecule has 2 amide bonds. The summed E-state index contributed by atoms with van der Waals surface area (Å²) in [6.45, 7) is 6.95. The van der Waals surface area contributed by atoms with Crippen molar-refractivity contribution in [1.29, 1.82) is 0 Å². The zero-order valence-electron chi connectivity index (χ0n) is 14.5. The van der Waals surface area contributed by atoms with E-state index in [4.69, 9.17) is 0 Å². The molecular weight excluding hydrogens is 304 g/mol. The molecule has 6 nitrogen and oxygen atoms in total. The number of carbonyl (C=O) groups excluding carboxylic acids is 1. The van der Waals surface area contributed by atoms with Crippen molar-refractivity contribution in [2.75, 3.05) is 11.9 Å². The lowest BCUT2D eigenvalue weighted by atomic mass is 9.87. The molecule has 2 aromatic rings. The van der Waals surface area contributed by atoms with Gasteiger partial charge < -0.3 is 15.7 Å². The lowest BCUT2D eigenvalue weighted by Crippen LogP contribution is -2.38. The van der Waals surface area contributed by atoms with Crippen LogP contribution in [-0.4, -0.2) is 33.6 Å². The van der Waals surface area contributed by atoms with Crippen LogP contribution in [0.15, 0.2) is 42.7 Å². The second-order valence-corrected chi connectivity index (χ2v) is 6.93. The van der Waals surface area contributed by atoms with Crippen LogP contribution in [0.25, 0.3) is 0 Å². The van der Waals surface area contributed by atoms with Gasteiger partial charge in [-0.3, -0.25) is 4.68 Å². The topological polar surface area (TPSA) is 79.2 Å². The SMILES string of the molecule is CC(O)CC(C)(C)CNC(=O)Nc1cccc(Cn2cccn2)c1. The maximum atomic E-state index is 12.1. The Bertz CT molecular complexity index is 651. The second-order valence-electron chi connectivity index (χ2n) is 6.93. The molecule has 1 atom stereocenters. The first kappa shape index (κ1) is 18.0. The van der Waals surface area contributed by atoms with E-state index in [1.807, 2.05) is 55.1 Å². The Morgan fingerprint density at radius 1 is 1.38 bits per heavy atom. The fourth-order valence-electron chi connectivity index (χ4n) is 2.70. The summed E-state index contributed by atoms with van der Waals surface area (Å²) in [5, 5.41) is 19.4. The highest BCUT2D eigenvalue weighted by Gasteiger charge is 2.21. The zero-order chi connectivity index (χ0) is 17.6. The van der Waals surface area contributed by atoms with E-state index in [0.29, 0.717) is 19.5 Å². The molecule has 1 aromatic carbocycles. The van der Waals surface area contributed by atoms with Gasteiger partial charge in [0.2, 0.25) is 0 Å². The summed E-state index contributed by atoms with van der Waals surface area (Å²) in [7, 11) is 0. The van der Waals surface area contributed by atoms with E-state index in [9.17, 15) is 9.90 Å². The van der Waals surface area contributed by atoms with Crippen LogP contribution in [-0.2, 0) is 6.54 Å². The fraction of sp³-hybridized carbons (Fsp3) is 0.444. The average molecular weight is 330 g/mol. The van der Waals surface area contributed by atoms with Gasteiger partial charge in [0.25, 0.3) is 0 Å². The normalized spacial score (nSPS) is 12.7. The Morgan fingerprint density at radius 3 is 2.83 bits per heavy atom. The Kier molecular flexibility index (Phi) is 5.98. The Balaban J connectivity index is 1.87. The minimum atomic E-state index is -0.385. The van der Waals surface area contributed by atoms with Gasteiger partial charge in [0.15, 0.2) is 0 Å². The first-order chi connectivity index (χ1) is 11.3. The molecule has 6 heteroatoms. The Morgan fingerprint density at radius 2 is 2.17 bits per heavy atom. The molecule has 0 bridgehead atoms. The number of anilines is 1. The molecule has 24 heavy (non-hydrogen) atoms. The molecule has 0 aliphatic heterocycles. The largest absolute Gasteiger partial charge is 0.393 e. The fourth-order valence-corrected chi connectivity index (χ4v) is 2.70. The second kappa shape index (κ2) is 7.97. The Labute approximate surface area is 142 Å². The number of nitrogens with zero attached hydrogens (tertiary/aromatic N) is 2. The first-order valence-electron chi connectivity index (χ1n) is 8.13. The number of benzene rings is 1. The maximum Gasteiger partial charge on any atom is 0.319 e. The first-order valence-corrected chi connectivity index (χ1v) is 8.13. The van der Waals surface area contributed by atoms with E-state index in [1.54, 1.807) is 13.1 Å². The summed E-state index contributed by atoms with van der Waals surface area (Å²) in [4.78, 5) is 12.1. The van der Waals surface area contributed by atoms with Crippen LogP contribution >= 0.6 is 0 Å². The predicted molar refractivity (Wildman–Crippen MR) is 94.9 cm³/mol. The third kappa shape index (κ3) is 6.04. The number of rotatable bonds is 7. The van der Waals surface area contributed by atoms with Gasteiger partial charge in [-0.1, -0.05) is 26.0 Å². The lowest BCUT2D eigenvalue weighted by molar-refractivity contribution is 0.129. The number of hydrogen-bond donors (Lipinski definition) is 3. The van der Waals surface area contributed by atoms with Gasteiger partial charge in [-0.05, 0) is 42.5 Å². The number of aliphatic hydroxyl groups is 1. The molecule has 1 unspecified atom stereocenters. The van der Waals surface area contributed by atoms with Gasteiger partial charge in [-0.2, -0.15) is 5.10 Å². The minimum absolute atomic E-state index is 0.159. The quantitative estimate of drug-likeness (QED) is 0.730. The molecule has 3 N–H and O–H groups in total. The molecule has 0 spiro atoms.